The molecular formula is C13H17N5O. The highest BCUT2D eigenvalue weighted by molar-refractivity contribution is 5.94. The lowest BCUT2D eigenvalue weighted by Crippen LogP contribution is -2.25. The molecule has 0 radical (unpaired) electrons. The molecule has 6 heteroatoms. The smallest absolute Gasteiger partial charge is 0.251 e. The highest BCUT2D eigenvalue weighted by atomic mass is 16.1. The van der Waals surface area contributed by atoms with Crippen molar-refractivity contribution in [3.63, 3.8) is 0 Å². The topological polar surface area (TPSA) is 85.0 Å². The number of benzene rings is 1. The van der Waals surface area contributed by atoms with Crippen molar-refractivity contribution in [3.05, 3.63) is 47.8 Å². The van der Waals surface area contributed by atoms with Crippen LogP contribution in [0.25, 0.3) is 0 Å². The number of rotatable bonds is 5. The fraction of sp³-hybridized carbons (Fsp3) is 0.231. The zero-order valence-electron chi connectivity index (χ0n) is 10.8. The number of anilines is 1. The van der Waals surface area contributed by atoms with Crippen LogP contribution >= 0.6 is 0 Å². The summed E-state index contributed by atoms with van der Waals surface area (Å²) in [6.07, 6.45) is 2.60. The van der Waals surface area contributed by atoms with Gasteiger partial charge in [-0.1, -0.05) is 0 Å². The average Bonchev–Trinajstić information content (AvgIpc) is 2.84. The van der Waals surface area contributed by atoms with Crippen LogP contribution in [0.3, 0.4) is 0 Å². The summed E-state index contributed by atoms with van der Waals surface area (Å²) in [5, 5.41) is 7.10. The summed E-state index contributed by atoms with van der Waals surface area (Å²) in [4.78, 5) is 11.9. The average molecular weight is 259 g/mol. The zero-order valence-corrected chi connectivity index (χ0v) is 10.8. The second-order valence-electron chi connectivity index (χ2n) is 4.21. The minimum Gasteiger partial charge on any atom is -0.352 e. The van der Waals surface area contributed by atoms with Gasteiger partial charge in [-0.05, 0) is 30.3 Å². The quantitative estimate of drug-likeness (QED) is 0.544. The monoisotopic (exact) mass is 259 g/mol. The van der Waals surface area contributed by atoms with Crippen molar-refractivity contribution in [1.82, 2.24) is 15.1 Å². The van der Waals surface area contributed by atoms with E-state index in [1.807, 2.05) is 19.3 Å². The molecule has 0 fully saturated rings. The van der Waals surface area contributed by atoms with Gasteiger partial charge in [0, 0.05) is 37.5 Å². The molecule has 0 unspecified atom stereocenters. The molecule has 100 valence electrons. The normalized spacial score (nSPS) is 10.2. The second kappa shape index (κ2) is 6.01. The molecule has 6 nitrogen and oxygen atoms in total. The Morgan fingerprint density at radius 1 is 1.32 bits per heavy atom. The van der Waals surface area contributed by atoms with E-state index in [0.717, 1.165) is 17.8 Å². The number of amides is 1. The fourth-order valence-electron chi connectivity index (χ4n) is 1.72. The molecule has 1 amide bonds. The van der Waals surface area contributed by atoms with E-state index in [1.54, 1.807) is 28.9 Å². The van der Waals surface area contributed by atoms with Crippen LogP contribution < -0.4 is 16.6 Å². The molecule has 1 heterocycles. The van der Waals surface area contributed by atoms with Crippen LogP contribution in [0.2, 0.25) is 0 Å². The summed E-state index contributed by atoms with van der Waals surface area (Å²) in [5.41, 5.74) is 4.86. The standard InChI is InChI=1S/C13H17N5O/c1-18-9-7-12(17-18)6-8-15-13(19)10-2-4-11(16-14)5-3-10/h2-5,7,9,16H,6,8,14H2,1H3,(H,15,19). The lowest BCUT2D eigenvalue weighted by molar-refractivity contribution is 0.0954. The van der Waals surface area contributed by atoms with Crippen molar-refractivity contribution < 1.29 is 4.79 Å². The van der Waals surface area contributed by atoms with Gasteiger partial charge in [-0.2, -0.15) is 5.10 Å². The molecule has 1 aromatic heterocycles. The van der Waals surface area contributed by atoms with Crippen LogP contribution in [-0.4, -0.2) is 22.2 Å². The lowest BCUT2D eigenvalue weighted by Gasteiger charge is -2.05. The Morgan fingerprint density at radius 2 is 2.05 bits per heavy atom. The van der Waals surface area contributed by atoms with Crippen LogP contribution in [0.4, 0.5) is 5.69 Å². The van der Waals surface area contributed by atoms with Crippen molar-refractivity contribution in [2.24, 2.45) is 12.9 Å². The van der Waals surface area contributed by atoms with Crippen LogP contribution in [-0.2, 0) is 13.5 Å². The van der Waals surface area contributed by atoms with Gasteiger partial charge in [0.15, 0.2) is 0 Å². The maximum Gasteiger partial charge on any atom is 0.251 e. The van der Waals surface area contributed by atoms with Gasteiger partial charge in [0.25, 0.3) is 5.91 Å². The van der Waals surface area contributed by atoms with Gasteiger partial charge in [-0.15, -0.1) is 0 Å². The molecule has 0 aliphatic heterocycles. The van der Waals surface area contributed by atoms with E-state index in [-0.39, 0.29) is 5.91 Å². The third kappa shape index (κ3) is 3.56. The Labute approximate surface area is 111 Å². The highest BCUT2D eigenvalue weighted by Gasteiger charge is 2.05. The van der Waals surface area contributed by atoms with Crippen LogP contribution in [0.15, 0.2) is 36.5 Å². The fourth-order valence-corrected chi connectivity index (χ4v) is 1.72. The molecule has 2 aromatic rings. The summed E-state index contributed by atoms with van der Waals surface area (Å²) < 4.78 is 1.75. The highest BCUT2D eigenvalue weighted by Crippen LogP contribution is 2.07. The number of hydrogen-bond donors (Lipinski definition) is 3. The van der Waals surface area contributed by atoms with E-state index in [4.69, 9.17) is 5.84 Å². The SMILES string of the molecule is Cn1ccc(CCNC(=O)c2ccc(NN)cc2)n1. The first-order valence-corrected chi connectivity index (χ1v) is 6.02. The number of nitrogen functional groups attached to an aromatic ring is 1. The Bertz CT molecular complexity index is 546. The summed E-state index contributed by atoms with van der Waals surface area (Å²) in [7, 11) is 1.87. The van der Waals surface area contributed by atoms with Crippen molar-refractivity contribution in [1.29, 1.82) is 0 Å². The minimum atomic E-state index is -0.0977. The van der Waals surface area contributed by atoms with E-state index in [0.29, 0.717) is 12.1 Å². The molecule has 1 aromatic carbocycles. The predicted molar refractivity (Wildman–Crippen MR) is 73.5 cm³/mol. The third-order valence-corrected chi connectivity index (χ3v) is 2.75. The molecule has 0 atom stereocenters. The maximum atomic E-state index is 11.9. The third-order valence-electron chi connectivity index (χ3n) is 2.75. The van der Waals surface area contributed by atoms with E-state index in [2.05, 4.69) is 15.8 Å². The number of hydrogen-bond acceptors (Lipinski definition) is 4. The number of carbonyl (C=O) groups excluding carboxylic acids is 1. The number of aryl methyl sites for hydroxylation is 1. The molecule has 0 aliphatic carbocycles. The molecule has 19 heavy (non-hydrogen) atoms. The van der Waals surface area contributed by atoms with Gasteiger partial charge in [0.1, 0.15) is 0 Å². The Morgan fingerprint density at radius 3 is 2.63 bits per heavy atom. The zero-order chi connectivity index (χ0) is 13.7. The van der Waals surface area contributed by atoms with Gasteiger partial charge in [0.05, 0.1) is 5.69 Å². The molecule has 2 rings (SSSR count). The number of aromatic nitrogens is 2. The number of nitrogens with one attached hydrogen (secondary N) is 2. The molecule has 0 bridgehead atoms. The van der Waals surface area contributed by atoms with E-state index >= 15 is 0 Å². The van der Waals surface area contributed by atoms with Crippen molar-refractivity contribution >= 4 is 11.6 Å². The molecule has 4 N–H and O–H groups in total. The van der Waals surface area contributed by atoms with Crippen molar-refractivity contribution in [2.45, 2.75) is 6.42 Å². The Balaban J connectivity index is 1.83. The van der Waals surface area contributed by atoms with E-state index < -0.39 is 0 Å². The van der Waals surface area contributed by atoms with Gasteiger partial charge in [-0.25, -0.2) is 0 Å². The van der Waals surface area contributed by atoms with Gasteiger partial charge >= 0.3 is 0 Å². The summed E-state index contributed by atoms with van der Waals surface area (Å²) in [6.45, 7) is 0.562. The maximum absolute atomic E-state index is 11.9. The first-order chi connectivity index (χ1) is 9.19. The Hall–Kier alpha value is -2.34. The number of hydrazine groups is 1. The van der Waals surface area contributed by atoms with Gasteiger partial charge < -0.3 is 10.7 Å². The number of nitrogens with zero attached hydrogens (tertiary/aromatic N) is 2. The predicted octanol–water partition coefficient (Wildman–Crippen LogP) is 0.678. The van der Waals surface area contributed by atoms with Gasteiger partial charge in [0.2, 0.25) is 0 Å². The first kappa shape index (κ1) is 13.1. The van der Waals surface area contributed by atoms with Crippen LogP contribution in [0, 0.1) is 0 Å². The second-order valence-corrected chi connectivity index (χ2v) is 4.21. The van der Waals surface area contributed by atoms with Crippen molar-refractivity contribution in [2.75, 3.05) is 12.0 Å². The molecule has 0 saturated heterocycles. The minimum absolute atomic E-state index is 0.0977. The van der Waals surface area contributed by atoms with Crippen molar-refractivity contribution in [3.8, 4) is 0 Å². The number of carbonyl (C=O) groups is 1. The molecule has 0 aliphatic rings. The molecule has 0 spiro atoms. The largest absolute Gasteiger partial charge is 0.352 e. The van der Waals surface area contributed by atoms with Crippen LogP contribution in [0.1, 0.15) is 16.1 Å². The molecule has 0 saturated carbocycles. The van der Waals surface area contributed by atoms with Gasteiger partial charge in [-0.3, -0.25) is 15.3 Å². The van der Waals surface area contributed by atoms with E-state index in [1.165, 1.54) is 0 Å². The first-order valence-electron chi connectivity index (χ1n) is 6.02. The summed E-state index contributed by atoms with van der Waals surface area (Å²) in [5.74, 6) is 5.17. The molecular weight excluding hydrogens is 242 g/mol. The number of nitrogens with two attached hydrogens (primary N) is 1. The van der Waals surface area contributed by atoms with Crippen LogP contribution in [0.5, 0.6) is 0 Å². The lowest BCUT2D eigenvalue weighted by atomic mass is 10.2. The van der Waals surface area contributed by atoms with E-state index in [9.17, 15) is 4.79 Å². The summed E-state index contributed by atoms with van der Waals surface area (Å²) in [6, 6.07) is 8.91. The Kier molecular flexibility index (Phi) is 4.15. The summed E-state index contributed by atoms with van der Waals surface area (Å²) >= 11 is 0.